The molecule has 0 saturated heterocycles. The molecule has 1 heterocycles. The van der Waals surface area contributed by atoms with Gasteiger partial charge in [-0.2, -0.15) is 0 Å². The fourth-order valence-electron chi connectivity index (χ4n) is 1.66. The van der Waals surface area contributed by atoms with Gasteiger partial charge < -0.3 is 4.74 Å². The van der Waals surface area contributed by atoms with E-state index in [9.17, 15) is 4.79 Å². The van der Waals surface area contributed by atoms with Crippen LogP contribution in [-0.2, 0) is 6.42 Å². The van der Waals surface area contributed by atoms with Crippen LogP contribution < -0.4 is 4.74 Å². The Bertz CT molecular complexity index is 536. The molecule has 19 heavy (non-hydrogen) atoms. The zero-order valence-electron chi connectivity index (χ0n) is 11.0. The van der Waals surface area contributed by atoms with Gasteiger partial charge in [0, 0.05) is 18.0 Å². The average Bonchev–Trinajstić information content (AvgIpc) is 2.40. The van der Waals surface area contributed by atoms with E-state index >= 15 is 0 Å². The summed E-state index contributed by atoms with van der Waals surface area (Å²) in [5.74, 6) is 1.31. The highest BCUT2D eigenvalue weighted by molar-refractivity contribution is 5.97. The molecule has 0 saturated carbocycles. The van der Waals surface area contributed by atoms with Gasteiger partial charge in [-0.1, -0.05) is 0 Å². The molecule has 98 valence electrons. The number of aromatic nitrogens is 2. The lowest BCUT2D eigenvalue weighted by molar-refractivity contribution is 0.0990. The summed E-state index contributed by atoms with van der Waals surface area (Å²) in [5, 5.41) is 0. The van der Waals surface area contributed by atoms with Crippen LogP contribution >= 0.6 is 0 Å². The Kier molecular flexibility index (Phi) is 4.23. The SMILES string of the molecule is CC(C)Oc1ccc(C(=O)Cc2ncccn2)cc1. The van der Waals surface area contributed by atoms with E-state index in [0.717, 1.165) is 5.75 Å². The number of hydrogen-bond acceptors (Lipinski definition) is 4. The van der Waals surface area contributed by atoms with Crippen molar-refractivity contribution in [1.82, 2.24) is 9.97 Å². The van der Waals surface area contributed by atoms with Crippen molar-refractivity contribution in [2.45, 2.75) is 26.4 Å². The summed E-state index contributed by atoms with van der Waals surface area (Å²) in [6.07, 6.45) is 3.61. The maximum absolute atomic E-state index is 12.0. The molecular weight excluding hydrogens is 240 g/mol. The van der Waals surface area contributed by atoms with E-state index in [1.807, 2.05) is 13.8 Å². The monoisotopic (exact) mass is 256 g/mol. The van der Waals surface area contributed by atoms with Crippen molar-refractivity contribution in [3.05, 3.63) is 54.1 Å². The Morgan fingerprint density at radius 1 is 1.16 bits per heavy atom. The summed E-state index contributed by atoms with van der Waals surface area (Å²) in [4.78, 5) is 20.1. The van der Waals surface area contributed by atoms with Gasteiger partial charge in [-0.15, -0.1) is 0 Å². The first-order chi connectivity index (χ1) is 9.15. The number of carbonyl (C=O) groups is 1. The number of rotatable bonds is 5. The summed E-state index contributed by atoms with van der Waals surface area (Å²) in [6.45, 7) is 3.93. The van der Waals surface area contributed by atoms with Crippen molar-refractivity contribution in [2.75, 3.05) is 0 Å². The molecule has 0 unspecified atom stereocenters. The van der Waals surface area contributed by atoms with Crippen LogP contribution in [0.25, 0.3) is 0 Å². The summed E-state index contributed by atoms with van der Waals surface area (Å²) in [7, 11) is 0. The van der Waals surface area contributed by atoms with E-state index in [4.69, 9.17) is 4.74 Å². The molecule has 0 amide bonds. The largest absolute Gasteiger partial charge is 0.491 e. The number of benzene rings is 1. The summed E-state index contributed by atoms with van der Waals surface area (Å²) < 4.78 is 5.53. The first-order valence-electron chi connectivity index (χ1n) is 6.21. The molecule has 4 nitrogen and oxygen atoms in total. The maximum Gasteiger partial charge on any atom is 0.170 e. The van der Waals surface area contributed by atoms with Crippen molar-refractivity contribution in [3.8, 4) is 5.75 Å². The first-order valence-corrected chi connectivity index (χ1v) is 6.21. The van der Waals surface area contributed by atoms with Crippen LogP contribution in [0, 0.1) is 0 Å². The molecule has 1 aromatic carbocycles. The third-order valence-electron chi connectivity index (χ3n) is 2.49. The van der Waals surface area contributed by atoms with Crippen LogP contribution in [0.2, 0.25) is 0 Å². The lowest BCUT2D eigenvalue weighted by Gasteiger charge is -2.09. The molecule has 0 radical (unpaired) electrons. The molecule has 0 atom stereocenters. The highest BCUT2D eigenvalue weighted by Gasteiger charge is 2.09. The van der Waals surface area contributed by atoms with Gasteiger partial charge >= 0.3 is 0 Å². The number of hydrogen-bond donors (Lipinski definition) is 0. The highest BCUT2D eigenvalue weighted by Crippen LogP contribution is 2.14. The van der Waals surface area contributed by atoms with Crippen molar-refractivity contribution in [2.24, 2.45) is 0 Å². The predicted molar refractivity (Wildman–Crippen MR) is 72.3 cm³/mol. The zero-order chi connectivity index (χ0) is 13.7. The standard InChI is InChI=1S/C15H16N2O2/c1-11(2)19-13-6-4-12(5-7-13)14(18)10-15-16-8-3-9-17-15/h3-9,11H,10H2,1-2H3. The first kappa shape index (κ1) is 13.2. The molecule has 0 aliphatic carbocycles. The fraction of sp³-hybridized carbons (Fsp3) is 0.267. The van der Waals surface area contributed by atoms with Crippen LogP contribution in [-0.4, -0.2) is 21.9 Å². The summed E-state index contributed by atoms with van der Waals surface area (Å²) in [5.41, 5.74) is 0.642. The van der Waals surface area contributed by atoms with Gasteiger partial charge in [-0.05, 0) is 44.2 Å². The van der Waals surface area contributed by atoms with Crippen molar-refractivity contribution >= 4 is 5.78 Å². The van der Waals surface area contributed by atoms with Gasteiger partial charge in [0.25, 0.3) is 0 Å². The Morgan fingerprint density at radius 2 is 1.79 bits per heavy atom. The van der Waals surface area contributed by atoms with Crippen LogP contribution in [0.3, 0.4) is 0 Å². The maximum atomic E-state index is 12.0. The van der Waals surface area contributed by atoms with E-state index in [1.54, 1.807) is 42.7 Å². The number of carbonyl (C=O) groups excluding carboxylic acids is 1. The second-order valence-electron chi connectivity index (χ2n) is 4.46. The van der Waals surface area contributed by atoms with Gasteiger partial charge in [0.15, 0.2) is 5.78 Å². The van der Waals surface area contributed by atoms with Gasteiger partial charge in [0.1, 0.15) is 11.6 Å². The molecule has 0 fully saturated rings. The van der Waals surface area contributed by atoms with Gasteiger partial charge in [0.2, 0.25) is 0 Å². The zero-order valence-corrected chi connectivity index (χ0v) is 11.0. The number of nitrogens with zero attached hydrogens (tertiary/aromatic N) is 2. The van der Waals surface area contributed by atoms with E-state index < -0.39 is 0 Å². The Hall–Kier alpha value is -2.23. The normalized spacial score (nSPS) is 10.5. The minimum absolute atomic E-state index is 0.00213. The molecule has 0 aliphatic heterocycles. The molecule has 2 rings (SSSR count). The van der Waals surface area contributed by atoms with Crippen LogP contribution in [0.5, 0.6) is 5.75 Å². The molecular formula is C15H16N2O2. The minimum atomic E-state index is 0.00213. The molecule has 0 spiro atoms. The molecule has 0 N–H and O–H groups in total. The number of ketones is 1. The Morgan fingerprint density at radius 3 is 2.37 bits per heavy atom. The van der Waals surface area contributed by atoms with E-state index in [-0.39, 0.29) is 18.3 Å². The van der Waals surface area contributed by atoms with Gasteiger partial charge in [-0.3, -0.25) is 4.79 Å². The number of ether oxygens (including phenoxy) is 1. The Labute approximate surface area is 112 Å². The van der Waals surface area contributed by atoms with E-state index in [2.05, 4.69) is 9.97 Å². The van der Waals surface area contributed by atoms with Gasteiger partial charge in [0.05, 0.1) is 12.5 Å². The van der Waals surface area contributed by atoms with E-state index in [0.29, 0.717) is 11.4 Å². The topological polar surface area (TPSA) is 52.1 Å². The van der Waals surface area contributed by atoms with Crippen LogP contribution in [0.1, 0.15) is 30.0 Å². The molecule has 2 aromatic rings. The Balaban J connectivity index is 2.04. The molecule has 1 aromatic heterocycles. The van der Waals surface area contributed by atoms with E-state index in [1.165, 1.54) is 0 Å². The molecule has 0 bridgehead atoms. The average molecular weight is 256 g/mol. The quantitative estimate of drug-likeness (QED) is 0.772. The second kappa shape index (κ2) is 6.09. The third kappa shape index (κ3) is 3.88. The smallest absolute Gasteiger partial charge is 0.170 e. The van der Waals surface area contributed by atoms with Crippen molar-refractivity contribution in [1.29, 1.82) is 0 Å². The summed E-state index contributed by atoms with van der Waals surface area (Å²) in [6, 6.07) is 8.87. The summed E-state index contributed by atoms with van der Waals surface area (Å²) >= 11 is 0. The predicted octanol–water partition coefficient (Wildman–Crippen LogP) is 2.69. The number of Topliss-reactive ketones (excluding diaryl/α,β-unsaturated/α-hetero) is 1. The molecule has 0 aliphatic rings. The third-order valence-corrected chi connectivity index (χ3v) is 2.49. The molecule has 4 heteroatoms. The lowest BCUT2D eigenvalue weighted by Crippen LogP contribution is -2.08. The fourth-order valence-corrected chi connectivity index (χ4v) is 1.66. The minimum Gasteiger partial charge on any atom is -0.491 e. The van der Waals surface area contributed by atoms with Crippen LogP contribution in [0.4, 0.5) is 0 Å². The van der Waals surface area contributed by atoms with Crippen molar-refractivity contribution in [3.63, 3.8) is 0 Å². The van der Waals surface area contributed by atoms with Crippen LogP contribution in [0.15, 0.2) is 42.7 Å². The lowest BCUT2D eigenvalue weighted by atomic mass is 10.1. The highest BCUT2D eigenvalue weighted by atomic mass is 16.5. The van der Waals surface area contributed by atoms with Gasteiger partial charge in [-0.25, -0.2) is 9.97 Å². The van der Waals surface area contributed by atoms with Crippen molar-refractivity contribution < 1.29 is 9.53 Å². The second-order valence-corrected chi connectivity index (χ2v) is 4.46.